The third-order valence-electron chi connectivity index (χ3n) is 7.27. The topological polar surface area (TPSA) is 99.5 Å². The summed E-state index contributed by atoms with van der Waals surface area (Å²) in [6, 6.07) is 0.493. The molecule has 4 aliphatic rings. The maximum Gasteiger partial charge on any atom is 0.423 e. The number of alkyl halides is 3. The van der Waals surface area contributed by atoms with Crippen molar-refractivity contribution in [1.82, 2.24) is 29.6 Å². The van der Waals surface area contributed by atoms with E-state index >= 15 is 0 Å². The van der Waals surface area contributed by atoms with Gasteiger partial charge in [0, 0.05) is 31.2 Å². The average molecular weight is 496 g/mol. The van der Waals surface area contributed by atoms with Gasteiger partial charge in [0.15, 0.2) is 0 Å². The van der Waals surface area contributed by atoms with Crippen LogP contribution >= 0.6 is 0 Å². The second-order valence-corrected chi connectivity index (χ2v) is 9.68. The number of ether oxygens (including phenoxy) is 3. The maximum absolute atomic E-state index is 13.4. The smallest absolute Gasteiger partial charge is 0.423 e. The molecule has 6 rings (SSSR count). The fourth-order valence-electron chi connectivity index (χ4n) is 5.14. The van der Waals surface area contributed by atoms with E-state index in [-0.39, 0.29) is 31.1 Å². The molecule has 0 amide bonds. The van der Waals surface area contributed by atoms with Gasteiger partial charge in [-0.1, -0.05) is 6.42 Å². The predicted octanol–water partition coefficient (Wildman–Crippen LogP) is 2.22. The van der Waals surface area contributed by atoms with Gasteiger partial charge >= 0.3 is 6.18 Å². The number of aromatic nitrogens is 5. The van der Waals surface area contributed by atoms with Gasteiger partial charge in [0.2, 0.25) is 11.8 Å². The number of rotatable bonds is 6. The van der Waals surface area contributed by atoms with Crippen molar-refractivity contribution in [1.29, 1.82) is 0 Å². The predicted molar refractivity (Wildman–Crippen MR) is 116 cm³/mol. The first-order chi connectivity index (χ1) is 16.9. The van der Waals surface area contributed by atoms with Gasteiger partial charge in [-0.15, -0.1) is 10.2 Å². The van der Waals surface area contributed by atoms with E-state index in [9.17, 15) is 13.2 Å². The summed E-state index contributed by atoms with van der Waals surface area (Å²) in [7, 11) is 0. The summed E-state index contributed by atoms with van der Waals surface area (Å²) in [5.41, 5.74) is -0.978. The molecule has 2 atom stereocenters. The Hall–Kier alpha value is -2.51. The van der Waals surface area contributed by atoms with Crippen molar-refractivity contribution >= 4 is 5.95 Å². The standard InChI is InChI=1S/C22H28F3N7O3/c23-22(24,25)17-7-26-21(28-20(17)35-16-11-34-12-16)27-14-3-1-2-13(6-14)19-30-29-18-8-31(4-5-32(18)19)15-9-33-10-15/h7,13-16H,1-6,8-12H2,(H,26,27,28)/t13-,14+/m0/s1. The van der Waals surface area contributed by atoms with Crippen LogP contribution in [0.4, 0.5) is 19.1 Å². The van der Waals surface area contributed by atoms with Gasteiger partial charge in [0.05, 0.1) is 39.0 Å². The number of hydrogen-bond acceptors (Lipinski definition) is 9. The molecule has 2 aromatic heterocycles. The molecule has 5 heterocycles. The minimum Gasteiger partial charge on any atom is -0.469 e. The molecule has 2 saturated heterocycles. The van der Waals surface area contributed by atoms with E-state index in [1.54, 1.807) is 0 Å². The molecule has 0 radical (unpaired) electrons. The Morgan fingerprint density at radius 1 is 1.06 bits per heavy atom. The van der Waals surface area contributed by atoms with Crippen molar-refractivity contribution in [3.63, 3.8) is 0 Å². The first-order valence-corrected chi connectivity index (χ1v) is 12.1. The summed E-state index contributed by atoms with van der Waals surface area (Å²) < 4.78 is 58.3. The van der Waals surface area contributed by atoms with Crippen molar-refractivity contribution in [2.24, 2.45) is 0 Å². The highest BCUT2D eigenvalue weighted by molar-refractivity contribution is 5.36. The van der Waals surface area contributed by atoms with Gasteiger partial charge in [-0.05, 0) is 19.3 Å². The first kappa shape index (κ1) is 22.9. The first-order valence-electron chi connectivity index (χ1n) is 12.1. The van der Waals surface area contributed by atoms with E-state index in [2.05, 4.69) is 34.9 Å². The fourth-order valence-corrected chi connectivity index (χ4v) is 5.14. The normalized spacial score (nSPS) is 26.0. The van der Waals surface area contributed by atoms with Crippen molar-refractivity contribution in [3.8, 4) is 5.88 Å². The monoisotopic (exact) mass is 495 g/mol. The van der Waals surface area contributed by atoms with Gasteiger partial charge in [-0.25, -0.2) is 4.98 Å². The van der Waals surface area contributed by atoms with E-state index < -0.39 is 23.7 Å². The second-order valence-electron chi connectivity index (χ2n) is 9.68. The summed E-state index contributed by atoms with van der Waals surface area (Å²) >= 11 is 0. The molecular formula is C22H28F3N7O3. The third kappa shape index (κ3) is 4.68. The highest BCUT2D eigenvalue weighted by Gasteiger charge is 2.38. The van der Waals surface area contributed by atoms with Crippen LogP contribution in [0.2, 0.25) is 0 Å². The Balaban J connectivity index is 1.14. The second kappa shape index (κ2) is 9.17. The summed E-state index contributed by atoms with van der Waals surface area (Å²) in [5, 5.41) is 12.2. The Bertz CT molecular complexity index is 1060. The molecule has 1 saturated carbocycles. The maximum atomic E-state index is 13.4. The van der Waals surface area contributed by atoms with E-state index in [1.807, 2.05) is 0 Å². The summed E-state index contributed by atoms with van der Waals surface area (Å²) in [5.74, 6) is 1.89. The number of anilines is 1. The summed E-state index contributed by atoms with van der Waals surface area (Å²) in [4.78, 5) is 10.4. The average Bonchev–Trinajstić information content (AvgIpc) is 3.18. The van der Waals surface area contributed by atoms with Crippen LogP contribution in [0.5, 0.6) is 5.88 Å². The van der Waals surface area contributed by atoms with Crippen molar-refractivity contribution in [2.45, 2.75) is 69.1 Å². The van der Waals surface area contributed by atoms with Gasteiger partial charge < -0.3 is 24.1 Å². The van der Waals surface area contributed by atoms with Crippen LogP contribution in [-0.4, -0.2) is 80.8 Å². The lowest BCUT2D eigenvalue weighted by Crippen LogP contribution is -2.51. The summed E-state index contributed by atoms with van der Waals surface area (Å²) in [6.45, 7) is 4.66. The Morgan fingerprint density at radius 2 is 1.89 bits per heavy atom. The highest BCUT2D eigenvalue weighted by atomic mass is 19.4. The van der Waals surface area contributed by atoms with Gasteiger partial charge in [0.25, 0.3) is 0 Å². The van der Waals surface area contributed by atoms with Crippen LogP contribution in [-0.2, 0) is 28.7 Å². The molecule has 13 heteroatoms. The lowest BCUT2D eigenvalue weighted by molar-refractivity contribution is -0.142. The zero-order valence-corrected chi connectivity index (χ0v) is 19.2. The number of nitrogens with zero attached hydrogens (tertiary/aromatic N) is 6. The Morgan fingerprint density at radius 3 is 2.60 bits per heavy atom. The minimum absolute atomic E-state index is 0.0190. The van der Waals surface area contributed by atoms with Crippen LogP contribution in [0.25, 0.3) is 0 Å². The van der Waals surface area contributed by atoms with Gasteiger partial charge in [0.1, 0.15) is 23.3 Å². The van der Waals surface area contributed by atoms with Crippen molar-refractivity contribution < 1.29 is 27.4 Å². The quantitative estimate of drug-likeness (QED) is 0.647. The number of hydrogen-bond donors (Lipinski definition) is 1. The zero-order valence-electron chi connectivity index (χ0n) is 19.2. The molecule has 10 nitrogen and oxygen atoms in total. The molecule has 35 heavy (non-hydrogen) atoms. The summed E-state index contributed by atoms with van der Waals surface area (Å²) in [6.07, 6.45) is -0.593. The van der Waals surface area contributed by atoms with Crippen molar-refractivity contribution in [2.75, 3.05) is 38.3 Å². The third-order valence-corrected chi connectivity index (χ3v) is 7.27. The molecule has 0 spiro atoms. The van der Waals surface area contributed by atoms with E-state index in [4.69, 9.17) is 14.2 Å². The molecule has 1 N–H and O–H groups in total. The minimum atomic E-state index is -4.59. The number of halogens is 3. The zero-order chi connectivity index (χ0) is 24.0. The van der Waals surface area contributed by atoms with Gasteiger partial charge in [-0.3, -0.25) is 4.90 Å². The lowest BCUT2D eigenvalue weighted by Gasteiger charge is -2.39. The molecule has 3 aliphatic heterocycles. The molecule has 3 fully saturated rings. The molecule has 190 valence electrons. The highest BCUT2D eigenvalue weighted by Crippen LogP contribution is 2.37. The number of nitrogens with one attached hydrogen (secondary N) is 1. The van der Waals surface area contributed by atoms with E-state index in [0.717, 1.165) is 76.4 Å². The Labute approximate surface area is 200 Å². The van der Waals surface area contributed by atoms with Crippen molar-refractivity contribution in [3.05, 3.63) is 23.4 Å². The molecule has 0 unspecified atom stereocenters. The Kier molecular flexibility index (Phi) is 6.01. The molecule has 0 bridgehead atoms. The van der Waals surface area contributed by atoms with E-state index in [0.29, 0.717) is 6.04 Å². The van der Waals surface area contributed by atoms with Crippen LogP contribution in [0.3, 0.4) is 0 Å². The van der Waals surface area contributed by atoms with Crippen LogP contribution < -0.4 is 10.1 Å². The van der Waals surface area contributed by atoms with Crippen LogP contribution in [0.1, 0.15) is 48.8 Å². The largest absolute Gasteiger partial charge is 0.469 e. The lowest BCUT2D eigenvalue weighted by atomic mass is 9.85. The molecular weight excluding hydrogens is 467 g/mol. The van der Waals surface area contributed by atoms with Crippen LogP contribution in [0, 0.1) is 0 Å². The van der Waals surface area contributed by atoms with Gasteiger partial charge in [-0.2, -0.15) is 18.2 Å². The van der Waals surface area contributed by atoms with E-state index in [1.165, 1.54) is 0 Å². The fraction of sp³-hybridized carbons (Fsp3) is 0.727. The van der Waals surface area contributed by atoms with Crippen LogP contribution in [0.15, 0.2) is 6.20 Å². The molecule has 2 aromatic rings. The molecule has 1 aliphatic carbocycles. The molecule has 0 aromatic carbocycles. The SMILES string of the molecule is FC(F)(F)c1cnc(N[C@@H]2CCC[C@H](c3nnc4n3CCN(C3COC3)C4)C2)nc1OC1COC1. The number of fused-ring (bicyclic) bond motifs is 1.